The summed E-state index contributed by atoms with van der Waals surface area (Å²) in [5.74, 6) is 0. The van der Waals surface area contributed by atoms with Crippen LogP contribution in [0.2, 0.25) is 0 Å². The van der Waals surface area contributed by atoms with E-state index in [1.807, 2.05) is 0 Å². The fourth-order valence-corrected chi connectivity index (χ4v) is 7.84. The second kappa shape index (κ2) is 19.6. The zero-order chi connectivity index (χ0) is 54.4. The maximum absolute atomic E-state index is 14.2. The zero-order valence-corrected chi connectivity index (χ0v) is 35.6. The minimum atomic E-state index is -6.13. The molecule has 0 aliphatic rings. The van der Waals surface area contributed by atoms with Crippen LogP contribution < -0.4 is 26.4 Å². The number of pyridine rings is 1. The molecule has 0 unspecified atom stereocenters. The van der Waals surface area contributed by atoms with Crippen LogP contribution in [-0.2, 0) is 62.4 Å². The van der Waals surface area contributed by atoms with Crippen LogP contribution >= 0.6 is 0 Å². The quantitative estimate of drug-likeness (QED) is 0.0852. The van der Waals surface area contributed by atoms with Gasteiger partial charge in [0.05, 0.1) is 44.5 Å². The van der Waals surface area contributed by atoms with Crippen molar-refractivity contribution in [2.75, 3.05) is 0 Å². The molecule has 0 radical (unpaired) electrons. The fraction of sp³-hybridized carbons (Fsp3) is 0.239. The summed E-state index contributed by atoms with van der Waals surface area (Å²) in [6, 6.07) is 8.12. The van der Waals surface area contributed by atoms with Gasteiger partial charge in [-0.05, 0) is 24.3 Å². The van der Waals surface area contributed by atoms with Gasteiger partial charge in [-0.15, -0.1) is 0 Å². The van der Waals surface area contributed by atoms with Gasteiger partial charge in [-0.2, -0.15) is 132 Å². The number of aromatic nitrogens is 1. The summed E-state index contributed by atoms with van der Waals surface area (Å²) in [6.45, 7) is 3.15. The molecule has 0 atom stereocenters. The highest BCUT2D eigenvalue weighted by molar-refractivity contribution is 7.20. The number of hydrogen-bond acceptors (Lipinski definition) is 0. The number of benzene rings is 5. The van der Waals surface area contributed by atoms with Crippen LogP contribution in [0.1, 0.15) is 62.7 Å². The van der Waals surface area contributed by atoms with Crippen molar-refractivity contribution in [1.29, 1.82) is 0 Å². The van der Waals surface area contributed by atoms with E-state index in [9.17, 15) is 105 Å². The molecular formula is C46H28BF24N. The summed E-state index contributed by atoms with van der Waals surface area (Å²) in [5, 5.41) is 0. The Labute approximate surface area is 390 Å². The van der Waals surface area contributed by atoms with Crippen LogP contribution in [0.15, 0.2) is 128 Å². The summed E-state index contributed by atoms with van der Waals surface area (Å²) in [5.41, 5.74) is -27.5. The topological polar surface area (TPSA) is 3.88 Å². The van der Waals surface area contributed by atoms with Crippen LogP contribution in [0.25, 0.3) is 0 Å². The van der Waals surface area contributed by atoms with Gasteiger partial charge in [0, 0.05) is 24.1 Å². The summed E-state index contributed by atoms with van der Waals surface area (Å²) >= 11 is 0. The van der Waals surface area contributed by atoms with Crippen molar-refractivity contribution in [3.8, 4) is 0 Å². The Bertz CT molecular complexity index is 2430. The van der Waals surface area contributed by atoms with E-state index in [1.54, 1.807) is 0 Å². The number of halogens is 24. The van der Waals surface area contributed by atoms with Crippen LogP contribution in [0.4, 0.5) is 105 Å². The maximum Gasteiger partial charge on any atom is 0.416 e. The SMILES string of the molecule is CCc1cccc[n+]1Cc1ccccc1.FC(F)(F)c1cc([B-](c2cc(C(F)(F)F)cc(C(F)(F)F)c2)(c2cc(C(F)(F)F)cc(C(F)(F)F)c2)c2cc(C(F)(F)F)cc(C(F)(F)F)c2)cc(C(F)(F)F)c1. The Morgan fingerprint density at radius 3 is 0.778 bits per heavy atom. The lowest BCUT2D eigenvalue weighted by atomic mass is 9.12. The first-order valence-electron chi connectivity index (χ1n) is 20.0. The van der Waals surface area contributed by atoms with E-state index in [0.717, 1.165) is 13.0 Å². The highest BCUT2D eigenvalue weighted by atomic mass is 19.4. The predicted octanol–water partition coefficient (Wildman–Crippen LogP) is 13.8. The van der Waals surface area contributed by atoms with E-state index in [4.69, 9.17) is 0 Å². The van der Waals surface area contributed by atoms with E-state index in [1.165, 1.54) is 11.3 Å². The Kier molecular flexibility index (Phi) is 15.4. The first kappa shape index (κ1) is 56.5. The Morgan fingerprint density at radius 1 is 0.319 bits per heavy atom. The first-order chi connectivity index (χ1) is 32.7. The van der Waals surface area contributed by atoms with Gasteiger partial charge >= 0.3 is 49.4 Å². The van der Waals surface area contributed by atoms with Crippen molar-refractivity contribution in [2.45, 2.75) is 69.3 Å². The highest BCUT2D eigenvalue weighted by Gasteiger charge is 2.47. The van der Waals surface area contributed by atoms with Crippen LogP contribution in [0, 0.1) is 0 Å². The average Bonchev–Trinajstić information content (AvgIpc) is 3.25. The van der Waals surface area contributed by atoms with Gasteiger partial charge in [0.2, 0.25) is 0 Å². The molecule has 0 N–H and O–H groups in total. The number of rotatable bonds is 7. The van der Waals surface area contributed by atoms with Gasteiger partial charge in [0.1, 0.15) is 6.15 Å². The maximum atomic E-state index is 14.2. The summed E-state index contributed by atoms with van der Waals surface area (Å²) in [6.07, 6.45) is -51.6. The van der Waals surface area contributed by atoms with E-state index >= 15 is 0 Å². The van der Waals surface area contributed by atoms with Crippen molar-refractivity contribution in [1.82, 2.24) is 0 Å². The van der Waals surface area contributed by atoms with Crippen LogP contribution in [0.5, 0.6) is 0 Å². The molecule has 0 fully saturated rings. The third-order valence-electron chi connectivity index (χ3n) is 11.0. The Balaban J connectivity index is 0.000000542. The average molecular weight is 1060 g/mol. The van der Waals surface area contributed by atoms with Crippen molar-refractivity contribution in [3.05, 3.63) is 183 Å². The van der Waals surface area contributed by atoms with Crippen molar-refractivity contribution in [3.63, 3.8) is 0 Å². The number of aryl methyl sites for hydroxylation is 1. The first-order valence-corrected chi connectivity index (χ1v) is 20.0. The van der Waals surface area contributed by atoms with Gasteiger partial charge in [0.15, 0.2) is 18.4 Å². The molecular weight excluding hydrogens is 1030 g/mol. The highest BCUT2D eigenvalue weighted by Crippen LogP contribution is 2.41. The Morgan fingerprint density at radius 2 is 0.556 bits per heavy atom. The van der Waals surface area contributed by atoms with Crippen molar-refractivity contribution >= 4 is 28.0 Å². The molecule has 26 heteroatoms. The molecule has 388 valence electrons. The molecule has 6 aromatic rings. The third kappa shape index (κ3) is 13.0. The van der Waals surface area contributed by atoms with E-state index < -0.39 is 195 Å². The zero-order valence-electron chi connectivity index (χ0n) is 35.6. The molecule has 5 aromatic carbocycles. The third-order valence-corrected chi connectivity index (χ3v) is 11.0. The molecule has 6 rings (SSSR count). The van der Waals surface area contributed by atoms with Crippen molar-refractivity contribution < 1.29 is 110 Å². The lowest BCUT2D eigenvalue weighted by molar-refractivity contribution is -0.695. The molecule has 1 nitrogen and oxygen atoms in total. The smallest absolute Gasteiger partial charge is 0.198 e. The standard InChI is InChI=1S/C32H12BF24.C14H16N/c34-25(35,36)13-1-14(26(37,38)39)6-21(5-13)33(22-7-15(27(40,41)42)2-16(8-22)28(43,44)45,23-9-17(29(46,47)48)3-18(10-23)30(49,50)51)24-11-19(31(52,53)54)4-20(12-24)32(55,56)57;1-2-14-10-6-7-11-15(14)12-13-8-4-3-5-9-13/h1-12H;3-11H,2,12H2,1H3/q-1;+1. The number of alkyl halides is 24. The summed E-state index contributed by atoms with van der Waals surface area (Å²) in [4.78, 5) is 0. The molecule has 0 saturated carbocycles. The molecule has 1 heterocycles. The predicted molar refractivity (Wildman–Crippen MR) is 212 cm³/mol. The largest absolute Gasteiger partial charge is 0.416 e. The summed E-state index contributed by atoms with van der Waals surface area (Å²) in [7, 11) is 0. The summed E-state index contributed by atoms with van der Waals surface area (Å²) < 4.78 is 343. The second-order valence-corrected chi connectivity index (χ2v) is 15.9. The minimum absolute atomic E-state index is 0.691. The second-order valence-electron chi connectivity index (χ2n) is 15.9. The molecule has 0 spiro atoms. The van der Waals surface area contributed by atoms with E-state index in [-0.39, 0.29) is 0 Å². The normalized spacial score (nSPS) is 13.5. The van der Waals surface area contributed by atoms with Gasteiger partial charge in [0.25, 0.3) is 0 Å². The monoisotopic (exact) mass is 1060 g/mol. The van der Waals surface area contributed by atoms with Crippen LogP contribution in [0.3, 0.4) is 0 Å². The van der Waals surface area contributed by atoms with Crippen molar-refractivity contribution in [2.24, 2.45) is 0 Å². The van der Waals surface area contributed by atoms with E-state index in [0.29, 0.717) is 0 Å². The molecule has 72 heavy (non-hydrogen) atoms. The molecule has 0 amide bonds. The van der Waals surface area contributed by atoms with Gasteiger partial charge in [-0.3, -0.25) is 0 Å². The van der Waals surface area contributed by atoms with Gasteiger partial charge in [-0.1, -0.05) is 91.9 Å². The van der Waals surface area contributed by atoms with Gasteiger partial charge in [-0.25, -0.2) is 0 Å². The van der Waals surface area contributed by atoms with Crippen LogP contribution in [-0.4, -0.2) is 6.15 Å². The lowest BCUT2D eigenvalue weighted by Crippen LogP contribution is -2.75. The van der Waals surface area contributed by atoms with E-state index in [2.05, 4.69) is 66.2 Å². The molecule has 0 saturated heterocycles. The Hall–Kier alpha value is -6.37. The molecule has 0 aliphatic heterocycles. The molecule has 0 bridgehead atoms. The lowest BCUT2D eigenvalue weighted by Gasteiger charge is -2.46. The number of hydrogen-bond donors (Lipinski definition) is 0. The molecule has 0 aliphatic carbocycles. The van der Waals surface area contributed by atoms with Gasteiger partial charge < -0.3 is 0 Å². The minimum Gasteiger partial charge on any atom is -0.198 e. The fourth-order valence-electron chi connectivity index (χ4n) is 7.84. The molecule has 1 aromatic heterocycles. The number of nitrogens with zero attached hydrogens (tertiary/aromatic N) is 1.